The van der Waals surface area contributed by atoms with Crippen molar-refractivity contribution in [1.82, 2.24) is 0 Å². The highest BCUT2D eigenvalue weighted by atomic mass is 35.5. The molecule has 0 spiro atoms. The van der Waals surface area contributed by atoms with E-state index in [0.717, 1.165) is 12.3 Å². The molecule has 0 bridgehead atoms. The van der Waals surface area contributed by atoms with E-state index in [1.165, 1.54) is 26.2 Å². The number of hydrogen-bond donors (Lipinski definition) is 0. The Hall–Kier alpha value is -0.0400. The molecule has 0 amide bonds. The first-order valence-electron chi connectivity index (χ1n) is 5.84. The van der Waals surface area contributed by atoms with Crippen LogP contribution in [0.1, 0.15) is 53.4 Å². The lowest BCUT2D eigenvalue weighted by molar-refractivity contribution is 0.585. The molecule has 0 aliphatic heterocycles. The first kappa shape index (κ1) is 15.0. The van der Waals surface area contributed by atoms with Gasteiger partial charge in [-0.15, -0.1) is 11.6 Å². The van der Waals surface area contributed by atoms with Gasteiger partial charge >= 0.3 is 0 Å². The molecular formula is C13H24ClF. The predicted molar refractivity (Wildman–Crippen MR) is 67.0 cm³/mol. The van der Waals surface area contributed by atoms with Gasteiger partial charge in [-0.3, -0.25) is 0 Å². The molecule has 1 aliphatic rings. The second kappa shape index (κ2) is 7.27. The van der Waals surface area contributed by atoms with E-state index in [2.05, 4.69) is 20.8 Å². The Morgan fingerprint density at radius 1 is 1.47 bits per heavy atom. The maximum Gasteiger partial charge on any atom is 0.0931 e. The van der Waals surface area contributed by atoms with Crippen molar-refractivity contribution >= 4 is 11.6 Å². The lowest BCUT2D eigenvalue weighted by Gasteiger charge is -1.95. The number of hydrogen-bond acceptors (Lipinski definition) is 0. The summed E-state index contributed by atoms with van der Waals surface area (Å²) in [7, 11) is 0. The SMILES string of the molecule is C/C(F)=C/C1CC1(C)C.CCCCCCl. The van der Waals surface area contributed by atoms with Crippen molar-refractivity contribution in [3.8, 4) is 0 Å². The Kier molecular flexibility index (Phi) is 7.25. The molecule has 1 unspecified atom stereocenters. The molecule has 0 nitrogen and oxygen atoms in total. The van der Waals surface area contributed by atoms with Crippen molar-refractivity contribution in [3.05, 3.63) is 11.9 Å². The summed E-state index contributed by atoms with van der Waals surface area (Å²) in [5, 5.41) is 0. The van der Waals surface area contributed by atoms with Crippen molar-refractivity contribution in [1.29, 1.82) is 0 Å². The van der Waals surface area contributed by atoms with E-state index in [1.807, 2.05) is 0 Å². The third-order valence-corrected chi connectivity index (χ3v) is 3.02. The number of unbranched alkanes of at least 4 members (excludes halogenated alkanes) is 2. The molecule has 1 aliphatic carbocycles. The van der Waals surface area contributed by atoms with Gasteiger partial charge in [0, 0.05) is 5.88 Å². The summed E-state index contributed by atoms with van der Waals surface area (Å²) in [6.45, 7) is 8.01. The topological polar surface area (TPSA) is 0 Å². The van der Waals surface area contributed by atoms with E-state index in [4.69, 9.17) is 11.6 Å². The summed E-state index contributed by atoms with van der Waals surface area (Å²) in [4.78, 5) is 0. The predicted octanol–water partition coefficient (Wildman–Crippen LogP) is 5.32. The largest absolute Gasteiger partial charge is 0.212 e. The minimum atomic E-state index is -0.0365. The van der Waals surface area contributed by atoms with Gasteiger partial charge in [-0.1, -0.05) is 33.6 Å². The maximum atomic E-state index is 12.2. The fourth-order valence-corrected chi connectivity index (χ4v) is 1.60. The van der Waals surface area contributed by atoms with Gasteiger partial charge in [0.2, 0.25) is 0 Å². The van der Waals surface area contributed by atoms with Gasteiger partial charge in [0.05, 0.1) is 5.83 Å². The minimum absolute atomic E-state index is 0.0365. The van der Waals surface area contributed by atoms with Gasteiger partial charge in [0.1, 0.15) is 0 Å². The summed E-state index contributed by atoms with van der Waals surface area (Å²) in [5.41, 5.74) is 0.382. The molecule has 1 fully saturated rings. The van der Waals surface area contributed by atoms with Crippen molar-refractivity contribution in [2.24, 2.45) is 11.3 Å². The molecule has 0 radical (unpaired) electrons. The first-order chi connectivity index (χ1) is 6.94. The van der Waals surface area contributed by atoms with Crippen molar-refractivity contribution in [2.45, 2.75) is 53.4 Å². The van der Waals surface area contributed by atoms with Crippen LogP contribution < -0.4 is 0 Å². The second-order valence-electron chi connectivity index (χ2n) is 4.95. The van der Waals surface area contributed by atoms with E-state index < -0.39 is 0 Å². The Balaban J connectivity index is 0.000000288. The molecule has 15 heavy (non-hydrogen) atoms. The van der Waals surface area contributed by atoms with Crippen LogP contribution in [-0.2, 0) is 0 Å². The Morgan fingerprint density at radius 3 is 2.13 bits per heavy atom. The minimum Gasteiger partial charge on any atom is -0.212 e. The van der Waals surface area contributed by atoms with Crippen LogP contribution in [0.2, 0.25) is 0 Å². The summed E-state index contributed by atoms with van der Waals surface area (Å²) >= 11 is 5.38. The monoisotopic (exact) mass is 234 g/mol. The van der Waals surface area contributed by atoms with Gasteiger partial charge in [0.15, 0.2) is 0 Å². The molecule has 1 rings (SSSR count). The molecule has 1 atom stereocenters. The molecule has 0 aromatic rings. The zero-order valence-electron chi connectivity index (χ0n) is 10.4. The van der Waals surface area contributed by atoms with Crippen molar-refractivity contribution < 1.29 is 4.39 Å². The standard InChI is InChI=1S/C8H13F.C5H11Cl/c1-6(9)4-7-5-8(7,2)3;1-2-3-4-5-6/h4,7H,5H2,1-3H3;2-5H2,1H3/b6-4-;. The van der Waals surface area contributed by atoms with Gasteiger partial charge < -0.3 is 0 Å². The Bertz CT molecular complexity index is 189. The highest BCUT2D eigenvalue weighted by molar-refractivity contribution is 6.17. The second-order valence-corrected chi connectivity index (χ2v) is 5.33. The van der Waals surface area contributed by atoms with E-state index >= 15 is 0 Å². The van der Waals surface area contributed by atoms with Crippen LogP contribution in [-0.4, -0.2) is 5.88 Å². The lowest BCUT2D eigenvalue weighted by Crippen LogP contribution is -1.85. The smallest absolute Gasteiger partial charge is 0.0931 e. The molecule has 0 N–H and O–H groups in total. The molecule has 0 aromatic carbocycles. The number of halogens is 2. The van der Waals surface area contributed by atoms with Crippen LogP contribution in [0.5, 0.6) is 0 Å². The zero-order valence-corrected chi connectivity index (χ0v) is 11.2. The number of alkyl halides is 1. The van der Waals surface area contributed by atoms with Crippen LogP contribution in [0.3, 0.4) is 0 Å². The van der Waals surface area contributed by atoms with Gasteiger partial charge in [-0.25, -0.2) is 4.39 Å². The highest BCUT2D eigenvalue weighted by Gasteiger charge is 2.43. The van der Waals surface area contributed by atoms with E-state index in [1.54, 1.807) is 6.08 Å². The average molecular weight is 235 g/mol. The average Bonchev–Trinajstić information content (AvgIpc) is 2.70. The Morgan fingerprint density at radius 2 is 2.00 bits per heavy atom. The summed E-state index contributed by atoms with van der Waals surface area (Å²) in [6, 6.07) is 0. The third kappa shape index (κ3) is 7.84. The normalized spacial score (nSPS) is 23.1. The van der Waals surface area contributed by atoms with Crippen LogP contribution in [0.15, 0.2) is 11.9 Å². The summed E-state index contributed by atoms with van der Waals surface area (Å²) < 4.78 is 12.2. The molecule has 0 saturated heterocycles. The van der Waals surface area contributed by atoms with E-state index in [0.29, 0.717) is 11.3 Å². The van der Waals surface area contributed by atoms with Crippen molar-refractivity contribution in [2.75, 3.05) is 5.88 Å². The van der Waals surface area contributed by atoms with Gasteiger partial charge in [-0.2, -0.15) is 0 Å². The van der Waals surface area contributed by atoms with Crippen LogP contribution in [0, 0.1) is 11.3 Å². The first-order valence-corrected chi connectivity index (χ1v) is 6.37. The highest BCUT2D eigenvalue weighted by Crippen LogP contribution is 2.52. The Labute approximate surface area is 98.9 Å². The van der Waals surface area contributed by atoms with Gasteiger partial charge in [0.25, 0.3) is 0 Å². The van der Waals surface area contributed by atoms with Crippen LogP contribution in [0.25, 0.3) is 0 Å². The molecule has 2 heteroatoms. The van der Waals surface area contributed by atoms with Crippen LogP contribution >= 0.6 is 11.6 Å². The number of rotatable bonds is 4. The number of allylic oxidation sites excluding steroid dienone is 2. The molecule has 1 saturated carbocycles. The molecular weight excluding hydrogens is 211 g/mol. The molecule has 90 valence electrons. The summed E-state index contributed by atoms with van der Waals surface area (Å²) in [5.74, 6) is 1.29. The zero-order chi connectivity index (χ0) is 11.9. The van der Waals surface area contributed by atoms with Crippen molar-refractivity contribution in [3.63, 3.8) is 0 Å². The maximum absolute atomic E-state index is 12.2. The third-order valence-electron chi connectivity index (χ3n) is 2.76. The lowest BCUT2D eigenvalue weighted by atomic mass is 10.1. The summed E-state index contributed by atoms with van der Waals surface area (Å²) in [6.07, 6.45) is 6.60. The van der Waals surface area contributed by atoms with Gasteiger partial charge in [-0.05, 0) is 37.2 Å². The fraction of sp³-hybridized carbons (Fsp3) is 0.846. The molecule has 0 heterocycles. The fourth-order valence-electron chi connectivity index (χ4n) is 1.41. The molecule has 0 aromatic heterocycles. The van der Waals surface area contributed by atoms with E-state index in [-0.39, 0.29) is 5.83 Å². The quantitative estimate of drug-likeness (QED) is 0.456. The van der Waals surface area contributed by atoms with E-state index in [9.17, 15) is 4.39 Å². The van der Waals surface area contributed by atoms with Crippen LogP contribution in [0.4, 0.5) is 4.39 Å².